The highest BCUT2D eigenvalue weighted by Gasteiger charge is 2.38. The van der Waals surface area contributed by atoms with Crippen LogP contribution in [0.1, 0.15) is 72.5 Å². The molecule has 3 heterocycles. The molecule has 1 saturated heterocycles. The smallest absolute Gasteiger partial charge is 0.293 e. The third-order valence-corrected chi connectivity index (χ3v) is 8.52. The number of aryl methyl sites for hydroxylation is 3. The molecule has 0 bridgehead atoms. The summed E-state index contributed by atoms with van der Waals surface area (Å²) in [6.07, 6.45) is 7.09. The number of nitrogens with zero attached hydrogens (tertiary/aromatic N) is 5. The highest BCUT2D eigenvalue weighted by molar-refractivity contribution is 5.90. The molecule has 1 aromatic heterocycles. The molecule has 8 nitrogen and oxygen atoms in total. The Labute approximate surface area is 237 Å². The van der Waals surface area contributed by atoms with Crippen LogP contribution in [0.15, 0.2) is 48.5 Å². The van der Waals surface area contributed by atoms with Gasteiger partial charge in [0.2, 0.25) is 11.7 Å². The molecule has 3 aromatic rings. The van der Waals surface area contributed by atoms with Crippen molar-refractivity contribution >= 4 is 11.8 Å². The number of carbonyl (C=O) groups excluding carboxylic acids is 2. The quantitative estimate of drug-likeness (QED) is 0.447. The zero-order valence-corrected chi connectivity index (χ0v) is 24.1. The standard InChI is InChI=1S/C32H41N5O3/c1-24-13-15-27(16-14-24)37-25(2)33-30(34-37)31(39)36-20-18-32(19-21-36)17-7-6-10-26-9-4-5-11-28(26)40-22-8-12-29(38)35(3)23-32/h4-5,9,11,13-16H,6-8,10,12,17-23H2,1-3H3. The molecule has 0 saturated carbocycles. The molecule has 5 rings (SSSR count). The van der Waals surface area contributed by atoms with Gasteiger partial charge in [0.25, 0.3) is 5.91 Å². The lowest BCUT2D eigenvalue weighted by atomic mass is 9.73. The fourth-order valence-electron chi connectivity index (χ4n) is 6.08. The summed E-state index contributed by atoms with van der Waals surface area (Å²) in [5.74, 6) is 1.92. The normalized spacial score (nSPS) is 18.6. The molecule has 8 heteroatoms. The molecule has 0 unspecified atom stereocenters. The van der Waals surface area contributed by atoms with Crippen LogP contribution in [-0.2, 0) is 11.2 Å². The number of para-hydroxylation sites is 1. The molecule has 0 aliphatic carbocycles. The number of hydrogen-bond acceptors (Lipinski definition) is 5. The first-order chi connectivity index (χ1) is 19.3. The van der Waals surface area contributed by atoms with Crippen LogP contribution in [0.3, 0.4) is 0 Å². The summed E-state index contributed by atoms with van der Waals surface area (Å²) in [4.78, 5) is 34.7. The van der Waals surface area contributed by atoms with Crippen molar-refractivity contribution in [2.24, 2.45) is 5.41 Å². The Morgan fingerprint density at radius 3 is 2.45 bits per heavy atom. The van der Waals surface area contributed by atoms with Gasteiger partial charge in [0.05, 0.1) is 12.3 Å². The van der Waals surface area contributed by atoms with Gasteiger partial charge >= 0.3 is 0 Å². The second kappa shape index (κ2) is 12.2. The molecule has 1 spiro atoms. The lowest BCUT2D eigenvalue weighted by Gasteiger charge is -2.44. The number of fused-ring (bicyclic) bond motifs is 1. The Balaban J connectivity index is 1.26. The number of hydrogen-bond donors (Lipinski definition) is 0. The molecule has 0 N–H and O–H groups in total. The van der Waals surface area contributed by atoms with Crippen LogP contribution in [0.5, 0.6) is 5.75 Å². The summed E-state index contributed by atoms with van der Waals surface area (Å²) in [6, 6.07) is 16.3. The van der Waals surface area contributed by atoms with Gasteiger partial charge in [-0.15, -0.1) is 5.10 Å². The number of piperidine rings is 1. The minimum Gasteiger partial charge on any atom is -0.493 e. The van der Waals surface area contributed by atoms with E-state index in [0.717, 1.165) is 56.5 Å². The van der Waals surface area contributed by atoms with Crippen molar-refractivity contribution in [3.63, 3.8) is 0 Å². The minimum absolute atomic E-state index is 0.00588. The average molecular weight is 544 g/mol. The van der Waals surface area contributed by atoms with Gasteiger partial charge in [-0.2, -0.15) is 0 Å². The Kier molecular flexibility index (Phi) is 8.52. The Bertz CT molecular complexity index is 1320. The minimum atomic E-state index is -0.120. The van der Waals surface area contributed by atoms with E-state index in [1.165, 1.54) is 11.1 Å². The van der Waals surface area contributed by atoms with Crippen LogP contribution < -0.4 is 4.74 Å². The van der Waals surface area contributed by atoms with E-state index >= 15 is 0 Å². The van der Waals surface area contributed by atoms with Crippen LogP contribution in [0.2, 0.25) is 0 Å². The van der Waals surface area contributed by atoms with Gasteiger partial charge in [0.1, 0.15) is 11.6 Å². The number of carbonyl (C=O) groups is 2. The molecule has 40 heavy (non-hydrogen) atoms. The number of amides is 2. The lowest BCUT2D eigenvalue weighted by molar-refractivity contribution is -0.132. The first-order valence-electron chi connectivity index (χ1n) is 14.6. The van der Waals surface area contributed by atoms with Crippen molar-refractivity contribution in [2.45, 2.75) is 65.2 Å². The summed E-state index contributed by atoms with van der Waals surface area (Å²) in [7, 11) is 1.92. The fraction of sp³-hybridized carbons (Fsp3) is 0.500. The van der Waals surface area contributed by atoms with Gasteiger partial charge < -0.3 is 14.5 Å². The summed E-state index contributed by atoms with van der Waals surface area (Å²) in [6.45, 7) is 6.49. The Hall–Kier alpha value is -3.68. The van der Waals surface area contributed by atoms with Gasteiger partial charge in [-0.1, -0.05) is 42.3 Å². The van der Waals surface area contributed by atoms with Crippen molar-refractivity contribution in [2.75, 3.05) is 33.3 Å². The van der Waals surface area contributed by atoms with E-state index in [-0.39, 0.29) is 23.1 Å². The highest BCUT2D eigenvalue weighted by Crippen LogP contribution is 2.38. The number of likely N-dealkylation sites (tertiary alicyclic amines) is 1. The van der Waals surface area contributed by atoms with Crippen LogP contribution in [0, 0.1) is 19.3 Å². The summed E-state index contributed by atoms with van der Waals surface area (Å²) in [5, 5.41) is 4.57. The molecule has 2 aliphatic heterocycles. The fourth-order valence-corrected chi connectivity index (χ4v) is 6.08. The first kappa shape index (κ1) is 27.9. The maximum absolute atomic E-state index is 13.4. The van der Waals surface area contributed by atoms with E-state index in [2.05, 4.69) is 22.2 Å². The van der Waals surface area contributed by atoms with Crippen molar-refractivity contribution in [1.29, 1.82) is 0 Å². The Morgan fingerprint density at radius 1 is 0.925 bits per heavy atom. The van der Waals surface area contributed by atoms with E-state index in [9.17, 15) is 9.59 Å². The Morgan fingerprint density at radius 2 is 1.68 bits per heavy atom. The van der Waals surface area contributed by atoms with Crippen molar-refractivity contribution in [1.82, 2.24) is 24.6 Å². The first-order valence-corrected chi connectivity index (χ1v) is 14.6. The van der Waals surface area contributed by atoms with Crippen LogP contribution >= 0.6 is 0 Å². The number of benzene rings is 2. The average Bonchev–Trinajstić information content (AvgIpc) is 3.35. The molecule has 212 valence electrons. The third-order valence-electron chi connectivity index (χ3n) is 8.52. The zero-order valence-electron chi connectivity index (χ0n) is 24.1. The van der Waals surface area contributed by atoms with E-state index in [1.54, 1.807) is 4.68 Å². The van der Waals surface area contributed by atoms with Crippen LogP contribution in [0.4, 0.5) is 0 Å². The monoisotopic (exact) mass is 543 g/mol. The maximum Gasteiger partial charge on any atom is 0.293 e. The summed E-state index contributed by atoms with van der Waals surface area (Å²) >= 11 is 0. The largest absolute Gasteiger partial charge is 0.493 e. The second-order valence-corrected chi connectivity index (χ2v) is 11.5. The van der Waals surface area contributed by atoms with E-state index < -0.39 is 0 Å². The van der Waals surface area contributed by atoms with Crippen LogP contribution in [0.25, 0.3) is 5.69 Å². The molecule has 2 aromatic carbocycles. The predicted molar refractivity (Wildman–Crippen MR) is 155 cm³/mol. The van der Waals surface area contributed by atoms with Gasteiger partial charge in [-0.3, -0.25) is 9.59 Å². The second-order valence-electron chi connectivity index (χ2n) is 11.5. The molecule has 0 atom stereocenters. The molecular formula is C32H41N5O3. The number of aromatic nitrogens is 3. The molecular weight excluding hydrogens is 502 g/mol. The third kappa shape index (κ3) is 6.37. The zero-order chi connectivity index (χ0) is 28.1. The summed E-state index contributed by atoms with van der Waals surface area (Å²) < 4.78 is 7.75. The maximum atomic E-state index is 13.4. The predicted octanol–water partition coefficient (Wildman–Crippen LogP) is 5.15. The molecule has 2 amide bonds. The highest BCUT2D eigenvalue weighted by atomic mass is 16.5. The molecule has 1 fully saturated rings. The lowest BCUT2D eigenvalue weighted by Crippen LogP contribution is -2.48. The van der Waals surface area contributed by atoms with Gasteiger partial charge in [-0.05, 0) is 81.5 Å². The van der Waals surface area contributed by atoms with Crippen molar-refractivity contribution < 1.29 is 14.3 Å². The van der Waals surface area contributed by atoms with Gasteiger partial charge in [-0.25, -0.2) is 9.67 Å². The van der Waals surface area contributed by atoms with Crippen molar-refractivity contribution in [3.8, 4) is 11.4 Å². The van der Waals surface area contributed by atoms with Crippen molar-refractivity contribution in [3.05, 3.63) is 71.3 Å². The number of rotatable bonds is 2. The molecule has 2 aliphatic rings. The molecule has 0 radical (unpaired) electrons. The SMILES string of the molecule is Cc1ccc(-n2nc(C(=O)N3CCC4(CCCCc5ccccc5OCCCC(=O)N(C)C4)CC3)nc2C)cc1. The topological polar surface area (TPSA) is 80.6 Å². The van der Waals surface area contributed by atoms with Gasteiger partial charge in [0, 0.05) is 33.1 Å². The summed E-state index contributed by atoms with van der Waals surface area (Å²) in [5.41, 5.74) is 3.31. The van der Waals surface area contributed by atoms with Crippen LogP contribution in [-0.4, -0.2) is 69.7 Å². The van der Waals surface area contributed by atoms with E-state index in [0.29, 0.717) is 38.4 Å². The van der Waals surface area contributed by atoms with Gasteiger partial charge in [0.15, 0.2) is 0 Å². The van der Waals surface area contributed by atoms with E-state index in [4.69, 9.17) is 4.74 Å². The number of ether oxygens (including phenoxy) is 1. The van der Waals surface area contributed by atoms with E-state index in [1.807, 2.05) is 67.1 Å².